The highest BCUT2D eigenvalue weighted by Crippen LogP contribution is 2.35. The number of ether oxygens (including phenoxy) is 1. The molecule has 2 aliphatic heterocycles. The Kier molecular flexibility index (Phi) is 7.27. The molecule has 0 saturated carbocycles. The first-order valence-electron chi connectivity index (χ1n) is 11.8. The predicted molar refractivity (Wildman–Crippen MR) is 132 cm³/mol. The van der Waals surface area contributed by atoms with Gasteiger partial charge in [0, 0.05) is 68.7 Å². The van der Waals surface area contributed by atoms with Gasteiger partial charge in [0.25, 0.3) is 0 Å². The van der Waals surface area contributed by atoms with E-state index in [9.17, 15) is 13.2 Å². The van der Waals surface area contributed by atoms with Crippen LogP contribution >= 0.6 is 11.6 Å². The molecule has 0 spiro atoms. The summed E-state index contributed by atoms with van der Waals surface area (Å²) in [5, 5.41) is 0.598. The molecule has 0 unspecified atom stereocenters. The summed E-state index contributed by atoms with van der Waals surface area (Å²) in [6, 6.07) is 11.8. The zero-order chi connectivity index (χ0) is 25.1. The van der Waals surface area contributed by atoms with Gasteiger partial charge >= 0.3 is 6.18 Å². The Hall–Kier alpha value is -2.95. The summed E-state index contributed by atoms with van der Waals surface area (Å²) in [6.45, 7) is 5.52. The highest BCUT2D eigenvalue weighted by atomic mass is 35.5. The molecule has 0 amide bonds. The molecular weight excluding hydrogens is 493 g/mol. The minimum atomic E-state index is -4.45. The molecule has 36 heavy (non-hydrogen) atoms. The third-order valence-corrected chi connectivity index (χ3v) is 6.57. The van der Waals surface area contributed by atoms with Crippen molar-refractivity contribution in [3.63, 3.8) is 0 Å². The third-order valence-electron chi connectivity index (χ3n) is 6.33. The van der Waals surface area contributed by atoms with Gasteiger partial charge in [0.05, 0.1) is 24.5 Å². The van der Waals surface area contributed by atoms with Crippen LogP contribution in [-0.4, -0.2) is 72.3 Å². The van der Waals surface area contributed by atoms with E-state index in [1.807, 2.05) is 24.3 Å². The van der Waals surface area contributed by atoms with Gasteiger partial charge in [-0.1, -0.05) is 23.7 Å². The van der Waals surface area contributed by atoms with Crippen LogP contribution in [0.3, 0.4) is 0 Å². The van der Waals surface area contributed by atoms with Gasteiger partial charge in [-0.15, -0.1) is 0 Å². The molecule has 0 bridgehead atoms. The average molecular weight is 519 g/mol. The van der Waals surface area contributed by atoms with Crippen LogP contribution in [-0.2, 0) is 17.5 Å². The molecule has 0 atom stereocenters. The van der Waals surface area contributed by atoms with Gasteiger partial charge in [0.2, 0.25) is 0 Å². The number of hydrogen-bond acceptors (Lipinski definition) is 7. The molecule has 190 valence electrons. The first kappa shape index (κ1) is 24.7. The van der Waals surface area contributed by atoms with Crippen molar-refractivity contribution in [2.45, 2.75) is 12.7 Å². The van der Waals surface area contributed by atoms with Crippen LogP contribution in [0.4, 0.5) is 24.8 Å². The second-order valence-corrected chi connectivity index (χ2v) is 9.22. The minimum absolute atomic E-state index is 0.0278. The molecule has 0 N–H and O–H groups in total. The van der Waals surface area contributed by atoms with Crippen molar-refractivity contribution in [2.24, 2.45) is 0 Å². The Labute approximate surface area is 212 Å². The molecule has 5 rings (SSSR count). The number of benzene rings is 1. The van der Waals surface area contributed by atoms with Gasteiger partial charge in [-0.05, 0) is 24.3 Å². The van der Waals surface area contributed by atoms with Gasteiger partial charge in [0.1, 0.15) is 11.6 Å². The number of anilines is 2. The van der Waals surface area contributed by atoms with Crippen LogP contribution in [0.25, 0.3) is 11.4 Å². The summed E-state index contributed by atoms with van der Waals surface area (Å²) < 4.78 is 46.0. The van der Waals surface area contributed by atoms with E-state index in [1.165, 1.54) is 12.3 Å². The Bertz CT molecular complexity index is 1200. The van der Waals surface area contributed by atoms with Gasteiger partial charge < -0.3 is 14.5 Å². The Morgan fingerprint density at radius 2 is 1.64 bits per heavy atom. The number of rotatable bonds is 5. The molecule has 4 heterocycles. The monoisotopic (exact) mass is 518 g/mol. The summed E-state index contributed by atoms with van der Waals surface area (Å²) in [5.74, 6) is 1.30. The summed E-state index contributed by atoms with van der Waals surface area (Å²) in [5.41, 5.74) is 0.981. The van der Waals surface area contributed by atoms with Gasteiger partial charge in [-0.2, -0.15) is 13.2 Å². The average Bonchev–Trinajstić information content (AvgIpc) is 2.89. The number of hydrogen-bond donors (Lipinski definition) is 0. The lowest BCUT2D eigenvalue weighted by molar-refractivity contribution is -0.137. The summed E-state index contributed by atoms with van der Waals surface area (Å²) in [4.78, 5) is 19.7. The molecule has 3 aromatic rings. The van der Waals surface area contributed by atoms with E-state index < -0.39 is 11.7 Å². The quantitative estimate of drug-likeness (QED) is 0.497. The molecular formula is C25H26ClF3N6O. The van der Waals surface area contributed by atoms with Crippen LogP contribution in [0.2, 0.25) is 5.02 Å². The van der Waals surface area contributed by atoms with E-state index in [4.69, 9.17) is 26.3 Å². The van der Waals surface area contributed by atoms with E-state index in [2.05, 4.69) is 14.8 Å². The van der Waals surface area contributed by atoms with E-state index in [0.717, 1.165) is 36.2 Å². The SMILES string of the molecule is FC(F)(F)c1cccnc1N1CCN(c2cc(CN3CCOCC3)nc(-c3cccc(Cl)c3)n2)CC1. The van der Waals surface area contributed by atoms with Crippen molar-refractivity contribution >= 4 is 23.2 Å². The van der Waals surface area contributed by atoms with E-state index in [-0.39, 0.29) is 5.82 Å². The molecule has 0 radical (unpaired) electrons. The largest absolute Gasteiger partial charge is 0.419 e. The highest BCUT2D eigenvalue weighted by Gasteiger charge is 2.36. The van der Waals surface area contributed by atoms with Crippen LogP contribution in [0.1, 0.15) is 11.3 Å². The highest BCUT2D eigenvalue weighted by molar-refractivity contribution is 6.30. The molecule has 2 aliphatic rings. The number of alkyl halides is 3. The number of morpholine rings is 1. The predicted octanol–water partition coefficient (Wildman–Crippen LogP) is 4.37. The number of pyridine rings is 1. The fourth-order valence-electron chi connectivity index (χ4n) is 4.49. The van der Waals surface area contributed by atoms with E-state index in [1.54, 1.807) is 11.0 Å². The standard InChI is InChI=1S/C25H26ClF3N6O/c26-19-4-1-3-18(15-19)23-31-20(17-33-11-13-36-14-12-33)16-22(32-23)34-7-9-35(10-8-34)24-21(25(27,28)29)5-2-6-30-24/h1-6,15-16H,7-14,17H2. The maximum absolute atomic E-state index is 13.5. The number of halogens is 4. The van der Waals surface area contributed by atoms with Crippen molar-refractivity contribution in [3.8, 4) is 11.4 Å². The Balaban J connectivity index is 1.39. The van der Waals surface area contributed by atoms with Crippen LogP contribution < -0.4 is 9.80 Å². The summed E-state index contributed by atoms with van der Waals surface area (Å²) >= 11 is 6.22. The molecule has 0 aliphatic carbocycles. The van der Waals surface area contributed by atoms with E-state index in [0.29, 0.717) is 56.8 Å². The lowest BCUT2D eigenvalue weighted by Crippen LogP contribution is -2.47. The van der Waals surface area contributed by atoms with Crippen molar-refractivity contribution < 1.29 is 17.9 Å². The zero-order valence-corrected chi connectivity index (χ0v) is 20.3. The third kappa shape index (κ3) is 5.71. The normalized spacial score (nSPS) is 17.4. The molecule has 11 heteroatoms. The number of piperazine rings is 1. The minimum Gasteiger partial charge on any atom is -0.379 e. The smallest absolute Gasteiger partial charge is 0.379 e. The summed E-state index contributed by atoms with van der Waals surface area (Å²) in [7, 11) is 0. The van der Waals surface area contributed by atoms with Crippen molar-refractivity contribution in [1.29, 1.82) is 0 Å². The molecule has 2 fully saturated rings. The lowest BCUT2D eigenvalue weighted by atomic mass is 10.2. The zero-order valence-electron chi connectivity index (χ0n) is 19.6. The van der Waals surface area contributed by atoms with Gasteiger partial charge in [-0.3, -0.25) is 4.90 Å². The van der Waals surface area contributed by atoms with Crippen LogP contribution in [0.5, 0.6) is 0 Å². The molecule has 7 nitrogen and oxygen atoms in total. The fraction of sp³-hybridized carbons (Fsp3) is 0.400. The van der Waals surface area contributed by atoms with E-state index >= 15 is 0 Å². The maximum atomic E-state index is 13.5. The van der Waals surface area contributed by atoms with Crippen LogP contribution in [0.15, 0.2) is 48.7 Å². The number of nitrogens with zero attached hydrogens (tertiary/aromatic N) is 6. The van der Waals surface area contributed by atoms with Gasteiger partial charge in [-0.25, -0.2) is 15.0 Å². The lowest BCUT2D eigenvalue weighted by Gasteiger charge is -2.37. The van der Waals surface area contributed by atoms with Crippen LogP contribution in [0, 0.1) is 0 Å². The Morgan fingerprint density at radius 1 is 0.889 bits per heavy atom. The fourth-order valence-corrected chi connectivity index (χ4v) is 4.68. The maximum Gasteiger partial charge on any atom is 0.419 e. The second-order valence-electron chi connectivity index (χ2n) is 8.79. The molecule has 2 aromatic heterocycles. The molecule has 2 saturated heterocycles. The second kappa shape index (κ2) is 10.6. The molecule has 1 aromatic carbocycles. The van der Waals surface area contributed by atoms with Crippen molar-refractivity contribution in [1.82, 2.24) is 19.9 Å². The van der Waals surface area contributed by atoms with Crippen molar-refractivity contribution in [3.05, 3.63) is 64.9 Å². The first-order chi connectivity index (χ1) is 17.4. The van der Waals surface area contributed by atoms with Crippen molar-refractivity contribution in [2.75, 3.05) is 62.3 Å². The topological polar surface area (TPSA) is 57.6 Å². The number of aromatic nitrogens is 3. The Morgan fingerprint density at radius 3 is 2.36 bits per heavy atom. The summed E-state index contributed by atoms with van der Waals surface area (Å²) in [6.07, 6.45) is -3.05. The van der Waals surface area contributed by atoms with Gasteiger partial charge in [0.15, 0.2) is 5.82 Å². The first-order valence-corrected chi connectivity index (χ1v) is 12.2.